The first-order chi connectivity index (χ1) is 13.5. The lowest BCUT2D eigenvalue weighted by molar-refractivity contribution is -0.115. The molecule has 0 aliphatic carbocycles. The molecule has 0 aliphatic rings. The van der Waals surface area contributed by atoms with E-state index >= 15 is 0 Å². The van der Waals surface area contributed by atoms with Crippen molar-refractivity contribution in [1.82, 2.24) is 5.32 Å². The summed E-state index contributed by atoms with van der Waals surface area (Å²) in [7, 11) is 0. The number of carbonyl (C=O) groups is 3. The molecule has 2 aromatic rings. The molecule has 28 heavy (non-hydrogen) atoms. The molecule has 0 radical (unpaired) electrons. The largest absolute Gasteiger partial charge is 0.376 e. The van der Waals surface area contributed by atoms with Gasteiger partial charge in [-0.25, -0.2) is 0 Å². The van der Waals surface area contributed by atoms with Crippen LogP contribution in [0.5, 0.6) is 0 Å². The average molecular weight is 382 g/mol. The van der Waals surface area contributed by atoms with E-state index in [-0.39, 0.29) is 24.3 Å². The highest BCUT2D eigenvalue weighted by Gasteiger charge is 2.06. The molecule has 0 unspecified atom stereocenters. The van der Waals surface area contributed by atoms with Crippen molar-refractivity contribution in [1.29, 1.82) is 0 Å². The molecule has 0 bridgehead atoms. The summed E-state index contributed by atoms with van der Waals surface area (Å²) in [6.07, 6.45) is 1.99. The number of amides is 3. The molecule has 7 heteroatoms. The number of rotatable bonds is 9. The van der Waals surface area contributed by atoms with Crippen molar-refractivity contribution in [2.75, 3.05) is 29.0 Å². The zero-order chi connectivity index (χ0) is 20.4. The van der Waals surface area contributed by atoms with E-state index < -0.39 is 0 Å². The third kappa shape index (κ3) is 7.11. The molecule has 7 nitrogen and oxygen atoms in total. The summed E-state index contributed by atoms with van der Waals surface area (Å²) in [5.74, 6) is -0.445. The minimum absolute atomic E-state index is 0.0927. The van der Waals surface area contributed by atoms with Crippen LogP contribution < -0.4 is 21.3 Å². The summed E-state index contributed by atoms with van der Waals surface area (Å²) in [5, 5.41) is 11.3. The monoisotopic (exact) mass is 382 g/mol. The van der Waals surface area contributed by atoms with E-state index in [1.165, 1.54) is 6.92 Å². The number of benzene rings is 2. The van der Waals surface area contributed by atoms with Gasteiger partial charge in [0.15, 0.2) is 0 Å². The van der Waals surface area contributed by atoms with Gasteiger partial charge in [0.05, 0.1) is 6.54 Å². The van der Waals surface area contributed by atoms with Gasteiger partial charge in [-0.1, -0.05) is 13.3 Å². The Kier molecular flexibility index (Phi) is 8.02. The van der Waals surface area contributed by atoms with Crippen molar-refractivity contribution < 1.29 is 14.4 Å². The molecular weight excluding hydrogens is 356 g/mol. The van der Waals surface area contributed by atoms with Gasteiger partial charge in [-0.15, -0.1) is 0 Å². The Morgan fingerprint density at radius 3 is 1.96 bits per heavy atom. The number of nitrogens with one attached hydrogen (secondary N) is 4. The highest BCUT2D eigenvalue weighted by atomic mass is 16.2. The van der Waals surface area contributed by atoms with E-state index in [0.29, 0.717) is 23.5 Å². The first kappa shape index (κ1) is 21.0. The summed E-state index contributed by atoms with van der Waals surface area (Å²) in [6, 6.07) is 13.9. The van der Waals surface area contributed by atoms with E-state index in [9.17, 15) is 14.4 Å². The quantitative estimate of drug-likeness (QED) is 0.500. The van der Waals surface area contributed by atoms with Gasteiger partial charge >= 0.3 is 0 Å². The Bertz CT molecular complexity index is 801. The molecule has 0 fully saturated rings. The van der Waals surface area contributed by atoms with E-state index in [2.05, 4.69) is 28.2 Å². The third-order valence-electron chi connectivity index (χ3n) is 3.91. The smallest absolute Gasteiger partial charge is 0.251 e. The van der Waals surface area contributed by atoms with E-state index in [0.717, 1.165) is 18.5 Å². The number of hydrogen-bond donors (Lipinski definition) is 4. The highest BCUT2D eigenvalue weighted by Crippen LogP contribution is 2.14. The van der Waals surface area contributed by atoms with Crippen molar-refractivity contribution in [3.63, 3.8) is 0 Å². The molecule has 0 aliphatic heterocycles. The van der Waals surface area contributed by atoms with Crippen LogP contribution in [0, 0.1) is 0 Å². The summed E-state index contributed by atoms with van der Waals surface area (Å²) in [5.41, 5.74) is 2.65. The van der Waals surface area contributed by atoms with Crippen molar-refractivity contribution in [2.45, 2.75) is 26.7 Å². The fourth-order valence-electron chi connectivity index (χ4n) is 2.45. The minimum atomic E-state index is -0.200. The molecule has 2 rings (SSSR count). The number of anilines is 3. The Morgan fingerprint density at radius 1 is 0.821 bits per heavy atom. The Morgan fingerprint density at radius 2 is 1.39 bits per heavy atom. The van der Waals surface area contributed by atoms with Gasteiger partial charge in [-0.05, 0) is 55.0 Å². The molecule has 0 heterocycles. The summed E-state index contributed by atoms with van der Waals surface area (Å²) in [4.78, 5) is 35.0. The molecule has 148 valence electrons. The summed E-state index contributed by atoms with van der Waals surface area (Å²) >= 11 is 0. The molecule has 0 atom stereocenters. The zero-order valence-corrected chi connectivity index (χ0v) is 16.2. The fourth-order valence-corrected chi connectivity index (χ4v) is 2.45. The highest BCUT2D eigenvalue weighted by molar-refractivity contribution is 5.95. The molecule has 4 N–H and O–H groups in total. The summed E-state index contributed by atoms with van der Waals surface area (Å²) < 4.78 is 0. The van der Waals surface area contributed by atoms with E-state index in [1.54, 1.807) is 48.5 Å². The fraction of sp³-hybridized carbons (Fsp3) is 0.286. The van der Waals surface area contributed by atoms with Crippen LogP contribution in [0.1, 0.15) is 37.0 Å². The molecule has 3 amide bonds. The molecule has 0 saturated carbocycles. The van der Waals surface area contributed by atoms with Crippen molar-refractivity contribution >= 4 is 34.8 Å². The second-order valence-electron chi connectivity index (χ2n) is 6.35. The second-order valence-corrected chi connectivity index (χ2v) is 6.35. The first-order valence-electron chi connectivity index (χ1n) is 9.27. The maximum absolute atomic E-state index is 12.1. The lowest BCUT2D eigenvalue weighted by atomic mass is 10.2. The van der Waals surface area contributed by atoms with Crippen LogP contribution in [0.2, 0.25) is 0 Å². The van der Waals surface area contributed by atoms with Crippen LogP contribution in [-0.4, -0.2) is 30.8 Å². The lowest BCUT2D eigenvalue weighted by Gasteiger charge is -2.09. The second kappa shape index (κ2) is 10.7. The topological polar surface area (TPSA) is 99.3 Å². The van der Waals surface area contributed by atoms with Crippen LogP contribution in [0.3, 0.4) is 0 Å². The number of carbonyl (C=O) groups excluding carboxylic acids is 3. The molecule has 0 spiro atoms. The maximum Gasteiger partial charge on any atom is 0.251 e. The van der Waals surface area contributed by atoms with Crippen molar-refractivity contribution in [3.05, 3.63) is 54.1 Å². The number of hydrogen-bond acceptors (Lipinski definition) is 4. The Labute approximate surface area is 164 Å². The standard InChI is InChI=1S/C21H26N4O3/c1-3-4-13-22-21(28)16-5-7-17(8-6-16)23-14-20(27)25-19-11-9-18(10-12-19)24-15(2)26/h5-12,23H,3-4,13-14H2,1-2H3,(H,22,28)(H,24,26)(H,25,27). The third-order valence-corrected chi connectivity index (χ3v) is 3.91. The van der Waals surface area contributed by atoms with Crippen LogP contribution in [0.15, 0.2) is 48.5 Å². The first-order valence-corrected chi connectivity index (χ1v) is 9.27. The molecular formula is C21H26N4O3. The van der Waals surface area contributed by atoms with Gasteiger partial charge < -0.3 is 21.3 Å². The van der Waals surface area contributed by atoms with Crippen LogP contribution >= 0.6 is 0 Å². The Balaban J connectivity index is 1.79. The van der Waals surface area contributed by atoms with Gasteiger partial charge in [0.2, 0.25) is 11.8 Å². The van der Waals surface area contributed by atoms with Gasteiger partial charge in [-0.3, -0.25) is 14.4 Å². The van der Waals surface area contributed by atoms with Crippen LogP contribution in [-0.2, 0) is 9.59 Å². The Hall–Kier alpha value is -3.35. The average Bonchev–Trinajstić information content (AvgIpc) is 2.68. The molecule has 0 saturated heterocycles. The van der Waals surface area contributed by atoms with Gasteiger partial charge in [0.1, 0.15) is 0 Å². The van der Waals surface area contributed by atoms with Crippen LogP contribution in [0.4, 0.5) is 17.1 Å². The number of unbranched alkanes of at least 4 members (excludes halogenated alkanes) is 1. The lowest BCUT2D eigenvalue weighted by Crippen LogP contribution is -2.24. The van der Waals surface area contributed by atoms with Crippen LogP contribution in [0.25, 0.3) is 0 Å². The summed E-state index contributed by atoms with van der Waals surface area (Å²) in [6.45, 7) is 4.27. The molecule has 2 aromatic carbocycles. The predicted molar refractivity (Wildman–Crippen MR) is 112 cm³/mol. The van der Waals surface area contributed by atoms with E-state index in [4.69, 9.17) is 0 Å². The normalized spacial score (nSPS) is 10.1. The van der Waals surface area contributed by atoms with Gasteiger partial charge in [0, 0.05) is 36.1 Å². The van der Waals surface area contributed by atoms with E-state index in [1.807, 2.05) is 0 Å². The minimum Gasteiger partial charge on any atom is -0.376 e. The van der Waals surface area contributed by atoms with Crippen molar-refractivity contribution in [3.8, 4) is 0 Å². The van der Waals surface area contributed by atoms with Crippen molar-refractivity contribution in [2.24, 2.45) is 0 Å². The zero-order valence-electron chi connectivity index (χ0n) is 16.2. The SMILES string of the molecule is CCCCNC(=O)c1ccc(NCC(=O)Nc2ccc(NC(C)=O)cc2)cc1. The van der Waals surface area contributed by atoms with Gasteiger partial charge in [0.25, 0.3) is 5.91 Å². The van der Waals surface area contributed by atoms with Gasteiger partial charge in [-0.2, -0.15) is 0 Å². The predicted octanol–water partition coefficient (Wildman–Crippen LogP) is 3.23. The molecule has 0 aromatic heterocycles. The maximum atomic E-state index is 12.1.